The van der Waals surface area contributed by atoms with Crippen LogP contribution in [0.5, 0.6) is 0 Å². The zero-order valence-corrected chi connectivity index (χ0v) is 12.6. The van der Waals surface area contributed by atoms with Crippen molar-refractivity contribution in [1.82, 2.24) is 4.72 Å². The molecule has 0 aliphatic heterocycles. The Bertz CT molecular complexity index is 639. The van der Waals surface area contributed by atoms with Crippen LogP contribution in [0.1, 0.15) is 31.7 Å². The fraction of sp³-hybridized carbons (Fsp3) is 0.400. The highest BCUT2D eigenvalue weighted by atomic mass is 32.2. The van der Waals surface area contributed by atoms with Crippen molar-refractivity contribution in [2.75, 3.05) is 0 Å². The highest BCUT2D eigenvalue weighted by Crippen LogP contribution is 2.38. The number of benzene rings is 1. The molecule has 1 aliphatic rings. The minimum absolute atomic E-state index is 0.484. The van der Waals surface area contributed by atoms with Gasteiger partial charge in [-0.3, -0.25) is 4.79 Å². The third-order valence-electron chi connectivity index (χ3n) is 3.99. The highest BCUT2D eigenvalue weighted by Gasteiger charge is 2.46. The van der Waals surface area contributed by atoms with E-state index in [0.29, 0.717) is 19.3 Å². The molecule has 5 nitrogen and oxygen atoms in total. The van der Waals surface area contributed by atoms with Crippen LogP contribution < -0.4 is 4.72 Å². The summed E-state index contributed by atoms with van der Waals surface area (Å²) in [5, 5.41) is 10.4. The predicted molar refractivity (Wildman–Crippen MR) is 80.9 cm³/mol. The summed E-state index contributed by atoms with van der Waals surface area (Å²) in [4.78, 5) is 11.3. The average molecular weight is 309 g/mol. The normalized spacial score (nSPS) is 26.2. The smallest absolute Gasteiger partial charge is 0.310 e. The van der Waals surface area contributed by atoms with Crippen LogP contribution in [0.25, 0.3) is 6.08 Å². The van der Waals surface area contributed by atoms with Crippen molar-refractivity contribution < 1.29 is 18.3 Å². The number of carboxylic acids is 1. The maximum atomic E-state index is 12.1. The number of sulfonamides is 1. The van der Waals surface area contributed by atoms with Crippen LogP contribution in [0.15, 0.2) is 35.7 Å². The number of aliphatic carboxylic acids is 1. The molecule has 1 fully saturated rings. The molecule has 2 N–H and O–H groups in total. The predicted octanol–water partition coefficient (Wildman–Crippen LogP) is 2.22. The van der Waals surface area contributed by atoms with Crippen LogP contribution in [-0.2, 0) is 14.8 Å². The summed E-state index contributed by atoms with van der Waals surface area (Å²) in [6, 6.07) is 8.50. The average Bonchev–Trinajstić information content (AvgIpc) is 2.80. The Balaban J connectivity index is 2.11. The lowest BCUT2D eigenvalue weighted by Crippen LogP contribution is -2.46. The first-order valence-corrected chi connectivity index (χ1v) is 8.37. The molecule has 1 aromatic carbocycles. The number of rotatable bonds is 5. The van der Waals surface area contributed by atoms with Gasteiger partial charge in [0.2, 0.25) is 10.0 Å². The van der Waals surface area contributed by atoms with Crippen LogP contribution in [0.3, 0.4) is 0 Å². The van der Waals surface area contributed by atoms with Gasteiger partial charge in [0.1, 0.15) is 0 Å². The zero-order valence-electron chi connectivity index (χ0n) is 11.8. The van der Waals surface area contributed by atoms with Crippen LogP contribution in [0, 0.1) is 5.41 Å². The SMILES string of the molecule is CC1(C(=O)O)CCCC1NS(=O)(=O)/C=C/c1ccccc1. The van der Waals surface area contributed by atoms with E-state index in [9.17, 15) is 18.3 Å². The maximum Gasteiger partial charge on any atom is 0.310 e. The molecule has 2 atom stereocenters. The second kappa shape index (κ2) is 5.99. The number of nitrogens with one attached hydrogen (secondary N) is 1. The summed E-state index contributed by atoms with van der Waals surface area (Å²) in [6.45, 7) is 1.59. The second-order valence-electron chi connectivity index (χ2n) is 5.54. The molecule has 0 spiro atoms. The van der Waals surface area contributed by atoms with Crippen molar-refractivity contribution in [3.05, 3.63) is 41.3 Å². The molecule has 0 radical (unpaired) electrons. The van der Waals surface area contributed by atoms with Gasteiger partial charge in [0.15, 0.2) is 0 Å². The van der Waals surface area contributed by atoms with E-state index in [-0.39, 0.29) is 0 Å². The molecule has 0 heterocycles. The van der Waals surface area contributed by atoms with Gasteiger partial charge in [-0.05, 0) is 31.4 Å². The van der Waals surface area contributed by atoms with Crippen molar-refractivity contribution in [2.24, 2.45) is 5.41 Å². The number of carboxylic acid groups (broad SMARTS) is 1. The van der Waals surface area contributed by atoms with E-state index in [4.69, 9.17) is 0 Å². The van der Waals surface area contributed by atoms with Gasteiger partial charge >= 0.3 is 5.97 Å². The Hall–Kier alpha value is -1.66. The summed E-state index contributed by atoms with van der Waals surface area (Å²) in [6.07, 6.45) is 3.23. The van der Waals surface area contributed by atoms with E-state index >= 15 is 0 Å². The lowest BCUT2D eigenvalue weighted by molar-refractivity contribution is -0.148. The fourth-order valence-corrected chi connectivity index (χ4v) is 3.77. The summed E-state index contributed by atoms with van der Waals surface area (Å²) < 4.78 is 26.7. The van der Waals surface area contributed by atoms with E-state index in [2.05, 4.69) is 4.72 Å². The first-order valence-electron chi connectivity index (χ1n) is 6.82. The largest absolute Gasteiger partial charge is 0.481 e. The Morgan fingerprint density at radius 3 is 2.67 bits per heavy atom. The summed E-state index contributed by atoms with van der Waals surface area (Å²) >= 11 is 0. The van der Waals surface area contributed by atoms with Gasteiger partial charge in [0.05, 0.1) is 5.41 Å². The Morgan fingerprint density at radius 1 is 1.38 bits per heavy atom. The highest BCUT2D eigenvalue weighted by molar-refractivity contribution is 7.92. The lowest BCUT2D eigenvalue weighted by Gasteiger charge is -2.26. The van der Waals surface area contributed by atoms with Crippen LogP contribution in [0.2, 0.25) is 0 Å². The molecule has 2 rings (SSSR count). The van der Waals surface area contributed by atoms with E-state index in [1.165, 1.54) is 6.08 Å². The molecule has 21 heavy (non-hydrogen) atoms. The quantitative estimate of drug-likeness (QED) is 0.873. The third kappa shape index (κ3) is 3.71. The first kappa shape index (κ1) is 15.7. The molecule has 6 heteroatoms. The van der Waals surface area contributed by atoms with Gasteiger partial charge in [0.25, 0.3) is 0 Å². The molecule has 1 aromatic rings. The van der Waals surface area contributed by atoms with Crippen molar-refractivity contribution in [2.45, 2.75) is 32.2 Å². The van der Waals surface area contributed by atoms with E-state index in [1.807, 2.05) is 18.2 Å². The molecular weight excluding hydrogens is 290 g/mol. The molecule has 0 saturated heterocycles. The summed E-state index contributed by atoms with van der Waals surface area (Å²) in [7, 11) is -3.66. The Labute approximate surface area is 124 Å². The third-order valence-corrected chi connectivity index (χ3v) is 5.10. The minimum atomic E-state index is -3.66. The van der Waals surface area contributed by atoms with Gasteiger partial charge in [-0.25, -0.2) is 13.1 Å². The van der Waals surface area contributed by atoms with Gasteiger partial charge in [-0.2, -0.15) is 0 Å². The van der Waals surface area contributed by atoms with Crippen LogP contribution in [0.4, 0.5) is 0 Å². The first-order chi connectivity index (χ1) is 9.83. The van der Waals surface area contributed by atoms with Crippen LogP contribution in [-0.4, -0.2) is 25.5 Å². The van der Waals surface area contributed by atoms with Crippen molar-refractivity contribution in [3.8, 4) is 0 Å². The second-order valence-corrected chi connectivity index (χ2v) is 7.14. The minimum Gasteiger partial charge on any atom is -0.481 e. The number of hydrogen-bond donors (Lipinski definition) is 2. The standard InChI is InChI=1S/C15H19NO4S/c1-15(14(17)18)10-5-8-13(15)16-21(19,20)11-9-12-6-3-2-4-7-12/h2-4,6-7,9,11,13,16H,5,8,10H2,1H3,(H,17,18)/b11-9+. The zero-order chi connectivity index (χ0) is 15.5. The molecule has 1 aliphatic carbocycles. The topological polar surface area (TPSA) is 83.5 Å². The molecule has 0 amide bonds. The van der Waals surface area contributed by atoms with E-state index < -0.39 is 27.4 Å². The Morgan fingerprint density at radius 2 is 2.05 bits per heavy atom. The molecule has 114 valence electrons. The van der Waals surface area contributed by atoms with Gasteiger partial charge in [-0.1, -0.05) is 36.8 Å². The van der Waals surface area contributed by atoms with Crippen molar-refractivity contribution >= 4 is 22.1 Å². The van der Waals surface area contributed by atoms with E-state index in [1.54, 1.807) is 19.1 Å². The fourth-order valence-electron chi connectivity index (χ4n) is 2.58. The van der Waals surface area contributed by atoms with Crippen LogP contribution >= 0.6 is 0 Å². The molecule has 2 unspecified atom stereocenters. The van der Waals surface area contributed by atoms with Crippen molar-refractivity contribution in [3.63, 3.8) is 0 Å². The molecule has 0 bridgehead atoms. The maximum absolute atomic E-state index is 12.1. The summed E-state index contributed by atoms with van der Waals surface area (Å²) in [5.41, 5.74) is -0.261. The van der Waals surface area contributed by atoms with Gasteiger partial charge < -0.3 is 5.11 Å². The molecule has 1 saturated carbocycles. The van der Waals surface area contributed by atoms with Gasteiger partial charge in [-0.15, -0.1) is 0 Å². The number of carbonyl (C=O) groups is 1. The monoisotopic (exact) mass is 309 g/mol. The number of hydrogen-bond acceptors (Lipinski definition) is 3. The van der Waals surface area contributed by atoms with Crippen molar-refractivity contribution in [1.29, 1.82) is 0 Å². The molecular formula is C15H19NO4S. The Kier molecular flexibility index (Phi) is 4.49. The van der Waals surface area contributed by atoms with E-state index in [0.717, 1.165) is 11.0 Å². The lowest BCUT2D eigenvalue weighted by atomic mass is 9.85. The summed E-state index contributed by atoms with van der Waals surface area (Å²) in [5.74, 6) is -0.959. The molecule has 0 aromatic heterocycles. The van der Waals surface area contributed by atoms with Gasteiger partial charge in [0, 0.05) is 11.4 Å².